The molecular weight excluding hydrogens is 372 g/mol. The number of furan rings is 1. The number of ether oxygens (including phenoxy) is 1. The van der Waals surface area contributed by atoms with Crippen molar-refractivity contribution in [1.82, 2.24) is 4.98 Å². The van der Waals surface area contributed by atoms with Gasteiger partial charge in [-0.3, -0.25) is 9.69 Å². The average molecular weight is 392 g/mol. The van der Waals surface area contributed by atoms with E-state index >= 15 is 0 Å². The number of rotatable bonds is 6. The lowest BCUT2D eigenvalue weighted by molar-refractivity contribution is 0.0983. The summed E-state index contributed by atoms with van der Waals surface area (Å²) in [5.74, 6) is 1.31. The Bertz CT molecular complexity index is 1040. The maximum atomic E-state index is 13.3. The number of aromatic nitrogens is 1. The molecule has 28 heavy (non-hydrogen) atoms. The van der Waals surface area contributed by atoms with Crippen LogP contribution < -0.4 is 9.64 Å². The molecule has 6 heteroatoms. The highest BCUT2D eigenvalue weighted by atomic mass is 32.1. The molecule has 142 valence electrons. The second kappa shape index (κ2) is 7.86. The van der Waals surface area contributed by atoms with Crippen LogP contribution in [0.3, 0.4) is 0 Å². The molecule has 0 unspecified atom stereocenters. The highest BCUT2D eigenvalue weighted by Crippen LogP contribution is 2.31. The number of fused-ring (bicyclic) bond motifs is 1. The van der Waals surface area contributed by atoms with E-state index in [2.05, 4.69) is 4.98 Å². The zero-order chi connectivity index (χ0) is 19.5. The monoisotopic (exact) mass is 392 g/mol. The molecule has 2 aromatic heterocycles. The van der Waals surface area contributed by atoms with Gasteiger partial charge in [0.15, 0.2) is 5.13 Å². The number of benzene rings is 2. The lowest BCUT2D eigenvalue weighted by Crippen LogP contribution is -2.30. The smallest absolute Gasteiger partial charge is 0.260 e. The van der Waals surface area contributed by atoms with Crippen LogP contribution in [0.1, 0.15) is 30.0 Å². The van der Waals surface area contributed by atoms with Gasteiger partial charge in [0.2, 0.25) is 0 Å². The molecule has 2 aromatic carbocycles. The van der Waals surface area contributed by atoms with E-state index in [1.165, 1.54) is 11.3 Å². The Kier molecular flexibility index (Phi) is 5.12. The molecule has 0 N–H and O–H groups in total. The minimum absolute atomic E-state index is 0.0831. The molecule has 0 saturated carbocycles. The third kappa shape index (κ3) is 3.92. The lowest BCUT2D eigenvalue weighted by atomic mass is 10.2. The Hall–Kier alpha value is -3.12. The Morgan fingerprint density at radius 1 is 1.11 bits per heavy atom. The first-order valence-corrected chi connectivity index (χ1v) is 9.88. The van der Waals surface area contributed by atoms with Crippen LogP contribution in [0.25, 0.3) is 10.2 Å². The number of anilines is 1. The summed E-state index contributed by atoms with van der Waals surface area (Å²) in [5.41, 5.74) is 1.45. The average Bonchev–Trinajstić information content (AvgIpc) is 3.35. The molecule has 4 aromatic rings. The van der Waals surface area contributed by atoms with Crippen molar-refractivity contribution in [1.29, 1.82) is 0 Å². The van der Waals surface area contributed by atoms with E-state index in [0.717, 1.165) is 16.0 Å². The molecule has 5 nitrogen and oxygen atoms in total. The van der Waals surface area contributed by atoms with Gasteiger partial charge in [-0.15, -0.1) is 0 Å². The molecule has 0 fully saturated rings. The Morgan fingerprint density at radius 2 is 1.89 bits per heavy atom. The van der Waals surface area contributed by atoms with Crippen LogP contribution in [0.15, 0.2) is 71.3 Å². The van der Waals surface area contributed by atoms with Crippen LogP contribution in [-0.4, -0.2) is 17.0 Å². The summed E-state index contributed by atoms with van der Waals surface area (Å²) in [5, 5.41) is 0.644. The minimum Gasteiger partial charge on any atom is -0.491 e. The zero-order valence-electron chi connectivity index (χ0n) is 15.7. The molecule has 0 aliphatic heterocycles. The van der Waals surface area contributed by atoms with Crippen LogP contribution in [0.5, 0.6) is 5.75 Å². The molecule has 0 atom stereocenters. The van der Waals surface area contributed by atoms with Gasteiger partial charge in [0.05, 0.1) is 29.1 Å². The van der Waals surface area contributed by atoms with Gasteiger partial charge in [0.25, 0.3) is 5.91 Å². The number of hydrogen-bond donors (Lipinski definition) is 0. The first-order valence-electron chi connectivity index (χ1n) is 9.06. The highest BCUT2D eigenvalue weighted by Gasteiger charge is 2.22. The Morgan fingerprint density at radius 3 is 2.57 bits per heavy atom. The second-order valence-electron chi connectivity index (χ2n) is 6.63. The van der Waals surface area contributed by atoms with E-state index in [9.17, 15) is 4.79 Å². The van der Waals surface area contributed by atoms with Gasteiger partial charge < -0.3 is 9.15 Å². The van der Waals surface area contributed by atoms with E-state index < -0.39 is 0 Å². The SMILES string of the molecule is CC(C)Oc1ccc(C(=O)N(Cc2ccco2)c2nc3ccccc3s2)cc1. The van der Waals surface area contributed by atoms with Crippen LogP contribution >= 0.6 is 11.3 Å². The van der Waals surface area contributed by atoms with Gasteiger partial charge in [0.1, 0.15) is 11.5 Å². The normalized spacial score (nSPS) is 11.1. The minimum atomic E-state index is -0.133. The number of carbonyl (C=O) groups excluding carboxylic acids is 1. The quantitative estimate of drug-likeness (QED) is 0.433. The van der Waals surface area contributed by atoms with E-state index in [-0.39, 0.29) is 12.0 Å². The maximum absolute atomic E-state index is 13.3. The molecule has 0 aliphatic carbocycles. The summed E-state index contributed by atoms with van der Waals surface area (Å²) in [7, 11) is 0. The van der Waals surface area contributed by atoms with Crippen molar-refractivity contribution in [3.63, 3.8) is 0 Å². The largest absolute Gasteiger partial charge is 0.491 e. The fourth-order valence-electron chi connectivity index (χ4n) is 2.86. The van der Waals surface area contributed by atoms with E-state index in [1.54, 1.807) is 23.3 Å². The maximum Gasteiger partial charge on any atom is 0.260 e. The number of carbonyl (C=O) groups is 1. The van der Waals surface area contributed by atoms with E-state index in [1.807, 2.05) is 62.4 Å². The van der Waals surface area contributed by atoms with Gasteiger partial charge in [-0.25, -0.2) is 4.98 Å². The Labute approximate surface area is 167 Å². The molecule has 4 rings (SSSR count). The summed E-state index contributed by atoms with van der Waals surface area (Å²) >= 11 is 1.49. The molecule has 0 aliphatic rings. The summed E-state index contributed by atoms with van der Waals surface area (Å²) in [6.45, 7) is 4.25. The first-order chi connectivity index (χ1) is 13.6. The number of hydrogen-bond acceptors (Lipinski definition) is 5. The van der Waals surface area contributed by atoms with E-state index in [4.69, 9.17) is 9.15 Å². The molecule has 0 spiro atoms. The third-order valence-corrected chi connectivity index (χ3v) is 5.19. The van der Waals surface area contributed by atoms with E-state index in [0.29, 0.717) is 23.0 Å². The molecule has 0 radical (unpaired) electrons. The number of nitrogens with zero attached hydrogens (tertiary/aromatic N) is 2. The summed E-state index contributed by atoms with van der Waals surface area (Å²) < 4.78 is 12.2. The zero-order valence-corrected chi connectivity index (χ0v) is 16.5. The molecular formula is C22H20N2O3S. The topological polar surface area (TPSA) is 55.6 Å². The predicted octanol–water partition coefficient (Wildman–Crippen LogP) is 5.52. The summed E-state index contributed by atoms with van der Waals surface area (Å²) in [4.78, 5) is 19.6. The van der Waals surface area contributed by atoms with Crippen LogP contribution in [-0.2, 0) is 6.54 Å². The second-order valence-corrected chi connectivity index (χ2v) is 7.63. The fraction of sp³-hybridized carbons (Fsp3) is 0.182. The predicted molar refractivity (Wildman–Crippen MR) is 111 cm³/mol. The van der Waals surface area contributed by atoms with Crippen molar-refractivity contribution in [3.8, 4) is 5.75 Å². The highest BCUT2D eigenvalue weighted by molar-refractivity contribution is 7.22. The molecule has 0 saturated heterocycles. The van der Waals surface area contributed by atoms with Crippen molar-refractivity contribution >= 4 is 32.6 Å². The van der Waals surface area contributed by atoms with Crippen LogP contribution in [0.4, 0.5) is 5.13 Å². The number of amides is 1. The third-order valence-electron chi connectivity index (χ3n) is 4.13. The van der Waals surface area contributed by atoms with Gasteiger partial charge in [-0.2, -0.15) is 0 Å². The van der Waals surface area contributed by atoms with Crippen molar-refractivity contribution < 1.29 is 13.9 Å². The van der Waals surface area contributed by atoms with Crippen molar-refractivity contribution in [2.45, 2.75) is 26.5 Å². The van der Waals surface area contributed by atoms with Gasteiger partial charge in [0, 0.05) is 5.56 Å². The van der Waals surface area contributed by atoms with Crippen molar-refractivity contribution in [2.24, 2.45) is 0 Å². The number of thiazole rings is 1. The van der Waals surface area contributed by atoms with Gasteiger partial charge in [-0.05, 0) is 62.4 Å². The molecule has 2 heterocycles. The number of para-hydroxylation sites is 1. The van der Waals surface area contributed by atoms with Crippen LogP contribution in [0.2, 0.25) is 0 Å². The Balaban J connectivity index is 1.67. The van der Waals surface area contributed by atoms with Gasteiger partial charge >= 0.3 is 0 Å². The lowest BCUT2D eigenvalue weighted by Gasteiger charge is -2.19. The van der Waals surface area contributed by atoms with Crippen LogP contribution in [0, 0.1) is 0 Å². The fourth-order valence-corrected chi connectivity index (χ4v) is 3.83. The van der Waals surface area contributed by atoms with Crippen molar-refractivity contribution in [3.05, 3.63) is 78.3 Å². The first kappa shape index (κ1) is 18.3. The standard InChI is InChI=1S/C22H20N2O3S/c1-15(2)27-17-11-9-16(10-12-17)21(25)24(14-18-6-5-13-26-18)22-23-19-7-3-4-8-20(19)28-22/h3-13,15H,14H2,1-2H3. The molecule has 1 amide bonds. The van der Waals surface area contributed by atoms with Gasteiger partial charge in [-0.1, -0.05) is 23.5 Å². The summed E-state index contributed by atoms with van der Waals surface area (Å²) in [6.07, 6.45) is 1.69. The molecule has 0 bridgehead atoms. The van der Waals surface area contributed by atoms with Crippen molar-refractivity contribution in [2.75, 3.05) is 4.90 Å². The summed E-state index contributed by atoms with van der Waals surface area (Å²) in [6, 6.07) is 18.7.